The topological polar surface area (TPSA) is 124 Å². The van der Waals surface area contributed by atoms with E-state index in [9.17, 15) is 19.2 Å². The molecule has 1 aliphatic heterocycles. The highest BCUT2D eigenvalue weighted by Crippen LogP contribution is 2.48. The number of carbonyl (C=O) groups excluding carboxylic acids is 4. The van der Waals surface area contributed by atoms with Gasteiger partial charge in [-0.25, -0.2) is 0 Å². The standard InChI is InChI=1S/C24H30O10/c1-6-12-24(31-13-20-10-8-7-9-11-20)21(32-18(4)27)22(33-19(5)28)34-23(24,14-29-16(2)25)15-30-17(3)26/h6-11,21-22H,1,12-15H2,2-5H3/t21-,22-,24-/m0/s1. The predicted molar refractivity (Wildman–Crippen MR) is 117 cm³/mol. The van der Waals surface area contributed by atoms with E-state index >= 15 is 0 Å². The minimum Gasteiger partial charge on any atom is -0.463 e. The van der Waals surface area contributed by atoms with Crippen molar-refractivity contribution >= 4 is 23.9 Å². The van der Waals surface area contributed by atoms with Gasteiger partial charge in [-0.15, -0.1) is 6.58 Å². The zero-order chi connectivity index (χ0) is 25.4. The molecule has 0 unspecified atom stereocenters. The van der Waals surface area contributed by atoms with Crippen molar-refractivity contribution in [2.75, 3.05) is 13.2 Å². The summed E-state index contributed by atoms with van der Waals surface area (Å²) in [5.74, 6) is -2.69. The Morgan fingerprint density at radius 2 is 1.47 bits per heavy atom. The van der Waals surface area contributed by atoms with Crippen LogP contribution in [0.15, 0.2) is 43.0 Å². The Morgan fingerprint density at radius 1 is 0.912 bits per heavy atom. The summed E-state index contributed by atoms with van der Waals surface area (Å²) in [5.41, 5.74) is -2.56. The second kappa shape index (κ2) is 11.8. The van der Waals surface area contributed by atoms with Crippen LogP contribution in [-0.2, 0) is 54.2 Å². The van der Waals surface area contributed by atoms with Crippen molar-refractivity contribution in [2.24, 2.45) is 0 Å². The Kier molecular flexibility index (Phi) is 9.34. The number of rotatable bonds is 11. The number of hydrogen-bond acceptors (Lipinski definition) is 10. The van der Waals surface area contributed by atoms with Crippen molar-refractivity contribution in [1.82, 2.24) is 0 Å². The molecule has 10 nitrogen and oxygen atoms in total. The van der Waals surface area contributed by atoms with Crippen molar-refractivity contribution in [3.8, 4) is 0 Å². The normalized spacial score (nSPS) is 22.9. The average molecular weight is 478 g/mol. The molecule has 0 aliphatic carbocycles. The van der Waals surface area contributed by atoms with Crippen molar-refractivity contribution in [1.29, 1.82) is 0 Å². The first-order valence-corrected chi connectivity index (χ1v) is 10.6. The lowest BCUT2D eigenvalue weighted by molar-refractivity contribution is -0.235. The van der Waals surface area contributed by atoms with Crippen LogP contribution in [0.5, 0.6) is 0 Å². The van der Waals surface area contributed by atoms with Crippen molar-refractivity contribution in [3.05, 3.63) is 48.6 Å². The van der Waals surface area contributed by atoms with Crippen LogP contribution < -0.4 is 0 Å². The fraction of sp³-hybridized carbons (Fsp3) is 0.500. The number of benzene rings is 1. The van der Waals surface area contributed by atoms with Gasteiger partial charge in [0.15, 0.2) is 17.3 Å². The maximum atomic E-state index is 12.1. The highest BCUT2D eigenvalue weighted by Gasteiger charge is 2.70. The third-order valence-corrected chi connectivity index (χ3v) is 5.20. The maximum Gasteiger partial charge on any atom is 0.305 e. The fourth-order valence-corrected chi connectivity index (χ4v) is 3.81. The van der Waals surface area contributed by atoms with E-state index in [1.807, 2.05) is 30.3 Å². The Labute approximate surface area is 198 Å². The van der Waals surface area contributed by atoms with Gasteiger partial charge in [0, 0.05) is 34.1 Å². The minimum atomic E-state index is -1.71. The fourth-order valence-electron chi connectivity index (χ4n) is 3.81. The molecular weight excluding hydrogens is 448 g/mol. The van der Waals surface area contributed by atoms with E-state index < -0.39 is 60.7 Å². The van der Waals surface area contributed by atoms with E-state index in [0.29, 0.717) is 0 Å². The first kappa shape index (κ1) is 27.0. The Morgan fingerprint density at radius 3 is 1.94 bits per heavy atom. The van der Waals surface area contributed by atoms with Crippen LogP contribution in [0.4, 0.5) is 0 Å². The van der Waals surface area contributed by atoms with Crippen LogP contribution in [0.25, 0.3) is 0 Å². The van der Waals surface area contributed by atoms with Gasteiger partial charge in [-0.3, -0.25) is 19.2 Å². The number of carbonyl (C=O) groups is 4. The lowest BCUT2D eigenvalue weighted by Crippen LogP contribution is -2.63. The Balaban J connectivity index is 2.67. The largest absolute Gasteiger partial charge is 0.463 e. The summed E-state index contributed by atoms with van der Waals surface area (Å²) in [4.78, 5) is 47.4. The zero-order valence-corrected chi connectivity index (χ0v) is 19.7. The molecule has 1 saturated heterocycles. The number of hydrogen-bond donors (Lipinski definition) is 0. The molecule has 0 spiro atoms. The summed E-state index contributed by atoms with van der Waals surface area (Å²) in [6.07, 6.45) is -1.25. The molecule has 34 heavy (non-hydrogen) atoms. The van der Waals surface area contributed by atoms with Crippen LogP contribution in [0.1, 0.15) is 39.7 Å². The van der Waals surface area contributed by atoms with E-state index in [1.165, 1.54) is 26.8 Å². The first-order chi connectivity index (χ1) is 16.0. The summed E-state index contributed by atoms with van der Waals surface area (Å²) in [6.45, 7) is 7.63. The molecule has 0 aromatic heterocycles. The molecule has 3 atom stereocenters. The Hall–Kier alpha value is -3.24. The maximum absolute atomic E-state index is 12.1. The van der Waals surface area contributed by atoms with Gasteiger partial charge in [-0.2, -0.15) is 0 Å². The van der Waals surface area contributed by atoms with Gasteiger partial charge >= 0.3 is 23.9 Å². The zero-order valence-electron chi connectivity index (χ0n) is 19.7. The molecule has 10 heteroatoms. The third-order valence-electron chi connectivity index (χ3n) is 5.20. The van der Waals surface area contributed by atoms with Crippen molar-refractivity contribution < 1.29 is 47.6 Å². The van der Waals surface area contributed by atoms with Crippen molar-refractivity contribution in [3.63, 3.8) is 0 Å². The first-order valence-electron chi connectivity index (χ1n) is 10.6. The van der Waals surface area contributed by atoms with E-state index in [1.54, 1.807) is 0 Å². The van der Waals surface area contributed by atoms with Crippen LogP contribution >= 0.6 is 0 Å². The molecule has 186 valence electrons. The lowest BCUT2D eigenvalue weighted by Gasteiger charge is -2.44. The van der Waals surface area contributed by atoms with Gasteiger partial charge < -0.3 is 28.4 Å². The molecule has 0 amide bonds. The lowest BCUT2D eigenvalue weighted by atomic mass is 9.78. The van der Waals surface area contributed by atoms with Crippen LogP contribution in [-0.4, -0.2) is 60.7 Å². The summed E-state index contributed by atoms with van der Waals surface area (Å²) in [7, 11) is 0. The quantitative estimate of drug-likeness (QED) is 0.266. The van der Waals surface area contributed by atoms with Gasteiger partial charge in [0.1, 0.15) is 13.2 Å². The second-order valence-electron chi connectivity index (χ2n) is 7.84. The molecule has 0 bridgehead atoms. The molecule has 0 saturated carbocycles. The highest BCUT2D eigenvalue weighted by atomic mass is 16.8. The van der Waals surface area contributed by atoms with E-state index in [0.717, 1.165) is 12.5 Å². The average Bonchev–Trinajstić information content (AvgIpc) is 2.99. The van der Waals surface area contributed by atoms with Gasteiger partial charge in [0.05, 0.1) is 6.61 Å². The van der Waals surface area contributed by atoms with Gasteiger partial charge in [-0.1, -0.05) is 36.4 Å². The van der Waals surface area contributed by atoms with Gasteiger partial charge in [0.2, 0.25) is 6.29 Å². The molecule has 1 fully saturated rings. The summed E-state index contributed by atoms with van der Waals surface area (Å²) in [6, 6.07) is 9.12. The van der Waals surface area contributed by atoms with Gasteiger partial charge in [0.25, 0.3) is 0 Å². The molecular formula is C24H30O10. The minimum absolute atomic E-state index is 0.00191. The van der Waals surface area contributed by atoms with Crippen molar-refractivity contribution in [2.45, 2.75) is 64.3 Å². The SMILES string of the molecule is C=CC[C@]1(OCc2ccccc2)[C@@H](OC(C)=O)[C@@H](OC(C)=O)OC1(COC(C)=O)COC(C)=O. The van der Waals surface area contributed by atoms with E-state index in [4.69, 9.17) is 28.4 Å². The van der Waals surface area contributed by atoms with Gasteiger partial charge in [-0.05, 0) is 5.56 Å². The molecule has 1 aromatic carbocycles. The van der Waals surface area contributed by atoms with E-state index in [-0.39, 0.29) is 13.0 Å². The second-order valence-corrected chi connectivity index (χ2v) is 7.84. The molecule has 1 aromatic rings. The monoisotopic (exact) mass is 478 g/mol. The highest BCUT2D eigenvalue weighted by molar-refractivity contribution is 5.68. The number of esters is 4. The summed E-state index contributed by atoms with van der Waals surface area (Å²) in [5, 5.41) is 0. The molecule has 2 rings (SSSR count). The predicted octanol–water partition coefficient (Wildman–Crippen LogP) is 2.23. The third kappa shape index (κ3) is 6.42. The van der Waals surface area contributed by atoms with E-state index in [2.05, 4.69) is 6.58 Å². The smallest absolute Gasteiger partial charge is 0.305 e. The van der Waals surface area contributed by atoms with Crippen LogP contribution in [0.3, 0.4) is 0 Å². The molecule has 0 radical (unpaired) electrons. The molecule has 0 N–H and O–H groups in total. The van der Waals surface area contributed by atoms with Crippen LogP contribution in [0.2, 0.25) is 0 Å². The molecule has 1 aliphatic rings. The number of ether oxygens (including phenoxy) is 6. The Bertz CT molecular complexity index is 878. The molecule has 1 heterocycles. The van der Waals surface area contributed by atoms with Crippen LogP contribution in [0, 0.1) is 0 Å². The summed E-state index contributed by atoms with van der Waals surface area (Å²) >= 11 is 0. The summed E-state index contributed by atoms with van der Waals surface area (Å²) < 4.78 is 33.9.